The second-order valence-corrected chi connectivity index (χ2v) is 5.16. The van der Waals surface area contributed by atoms with Crippen molar-refractivity contribution in [1.29, 1.82) is 0 Å². The molecule has 7 nitrogen and oxygen atoms in total. The maximum Gasteiger partial charge on any atom is 0.446 e. The molecule has 0 saturated carbocycles. The molecule has 0 amide bonds. The molecule has 2 N–H and O–H groups in total. The summed E-state index contributed by atoms with van der Waals surface area (Å²) in [4.78, 5) is 12.3. The minimum absolute atomic E-state index is 0.134. The van der Waals surface area contributed by atoms with Crippen molar-refractivity contribution >= 4 is 16.2 Å². The van der Waals surface area contributed by atoms with Crippen molar-refractivity contribution in [2.24, 2.45) is 0 Å². The Labute approximate surface area is 126 Å². The summed E-state index contributed by atoms with van der Waals surface area (Å²) < 4.78 is 39.6. The lowest BCUT2D eigenvalue weighted by Gasteiger charge is -2.10. The molecule has 2 aromatic rings. The van der Waals surface area contributed by atoms with Gasteiger partial charge < -0.3 is 14.0 Å². The maximum atomic E-state index is 12.3. The Morgan fingerprint density at radius 2 is 1.68 bits per heavy atom. The fourth-order valence-electron chi connectivity index (χ4n) is 1.77. The summed E-state index contributed by atoms with van der Waals surface area (Å²) in [7, 11) is -4.80. The molecule has 0 heterocycles. The fraction of sp³-hybridized carbons (Fsp3) is 0.0714. The summed E-state index contributed by atoms with van der Waals surface area (Å²) in [6, 6.07) is 12.1. The standard InChI is InChI=1S/C14H12O7S/c15-9-20-12-7-6-11(8-13(12)21-22(17,18)19)14(16)10-4-2-1-3-5-10/h1-8,15H,9H2,(H,17,18,19). The van der Waals surface area contributed by atoms with Crippen LogP contribution in [0.2, 0.25) is 0 Å². The number of ether oxygens (including phenoxy) is 1. The average molecular weight is 324 g/mol. The smallest absolute Gasteiger partial charge is 0.446 e. The van der Waals surface area contributed by atoms with Crippen LogP contribution in [0.25, 0.3) is 0 Å². The third-order valence-electron chi connectivity index (χ3n) is 2.66. The van der Waals surface area contributed by atoms with E-state index in [-0.39, 0.29) is 17.1 Å². The van der Waals surface area contributed by atoms with Crippen molar-refractivity contribution < 1.29 is 31.8 Å². The summed E-state index contributed by atoms with van der Waals surface area (Å²) in [5.41, 5.74) is 0.534. The maximum absolute atomic E-state index is 12.3. The molecule has 0 aliphatic rings. The van der Waals surface area contributed by atoms with Crippen LogP contribution in [0.4, 0.5) is 0 Å². The normalized spacial score (nSPS) is 11.0. The van der Waals surface area contributed by atoms with Gasteiger partial charge >= 0.3 is 10.4 Å². The first kappa shape index (κ1) is 16.0. The third-order valence-corrected chi connectivity index (χ3v) is 3.05. The van der Waals surface area contributed by atoms with E-state index >= 15 is 0 Å². The Kier molecular flexibility index (Phi) is 4.76. The van der Waals surface area contributed by atoms with Gasteiger partial charge in [0.25, 0.3) is 0 Å². The van der Waals surface area contributed by atoms with Crippen LogP contribution in [0, 0.1) is 0 Å². The van der Waals surface area contributed by atoms with E-state index in [1.165, 1.54) is 12.1 Å². The van der Waals surface area contributed by atoms with Crippen molar-refractivity contribution in [2.75, 3.05) is 6.79 Å². The highest BCUT2D eigenvalue weighted by Gasteiger charge is 2.17. The largest absolute Gasteiger partial charge is 0.464 e. The highest BCUT2D eigenvalue weighted by atomic mass is 32.3. The summed E-state index contributed by atoms with van der Waals surface area (Å²) in [5, 5.41) is 8.74. The van der Waals surface area contributed by atoms with Gasteiger partial charge in [-0.25, -0.2) is 0 Å². The van der Waals surface area contributed by atoms with Gasteiger partial charge in [-0.2, -0.15) is 8.42 Å². The van der Waals surface area contributed by atoms with Crippen LogP contribution in [0.5, 0.6) is 11.5 Å². The van der Waals surface area contributed by atoms with E-state index in [2.05, 4.69) is 4.18 Å². The summed E-state index contributed by atoms with van der Waals surface area (Å²) in [6.07, 6.45) is 0. The highest BCUT2D eigenvalue weighted by Crippen LogP contribution is 2.30. The monoisotopic (exact) mass is 324 g/mol. The predicted octanol–water partition coefficient (Wildman–Crippen LogP) is 1.43. The molecule has 0 aliphatic carbocycles. The molecule has 0 spiro atoms. The lowest BCUT2D eigenvalue weighted by Crippen LogP contribution is -2.10. The Morgan fingerprint density at radius 1 is 1.00 bits per heavy atom. The van der Waals surface area contributed by atoms with Gasteiger partial charge in [-0.1, -0.05) is 30.3 Å². The van der Waals surface area contributed by atoms with Crippen LogP contribution in [0.1, 0.15) is 15.9 Å². The van der Waals surface area contributed by atoms with Crippen LogP contribution in [0.3, 0.4) is 0 Å². The molecule has 8 heteroatoms. The number of aliphatic hydroxyl groups is 1. The van der Waals surface area contributed by atoms with E-state index in [4.69, 9.17) is 14.4 Å². The van der Waals surface area contributed by atoms with E-state index in [1.54, 1.807) is 30.3 Å². The molecule has 116 valence electrons. The topological polar surface area (TPSA) is 110 Å². The Hall–Kier alpha value is -2.42. The van der Waals surface area contributed by atoms with Crippen molar-refractivity contribution in [1.82, 2.24) is 0 Å². The van der Waals surface area contributed by atoms with Gasteiger partial charge in [0.05, 0.1) is 0 Å². The third kappa shape index (κ3) is 4.04. The first-order valence-corrected chi connectivity index (χ1v) is 7.41. The molecular weight excluding hydrogens is 312 g/mol. The van der Waals surface area contributed by atoms with E-state index in [1.807, 2.05) is 0 Å². The molecule has 0 aromatic heterocycles. The van der Waals surface area contributed by atoms with Crippen LogP contribution in [-0.4, -0.2) is 30.7 Å². The number of ketones is 1. The molecule has 0 atom stereocenters. The van der Waals surface area contributed by atoms with Crippen molar-refractivity contribution in [3.05, 3.63) is 59.7 Å². The van der Waals surface area contributed by atoms with Gasteiger partial charge in [0.15, 0.2) is 24.1 Å². The molecule has 0 radical (unpaired) electrons. The van der Waals surface area contributed by atoms with Crippen molar-refractivity contribution in [3.8, 4) is 11.5 Å². The number of hydrogen-bond donors (Lipinski definition) is 2. The highest BCUT2D eigenvalue weighted by molar-refractivity contribution is 7.81. The van der Waals surface area contributed by atoms with Gasteiger partial charge in [0.1, 0.15) is 0 Å². The molecule has 0 saturated heterocycles. The average Bonchev–Trinajstić information content (AvgIpc) is 2.48. The molecule has 0 unspecified atom stereocenters. The summed E-state index contributed by atoms with van der Waals surface area (Å²) >= 11 is 0. The van der Waals surface area contributed by atoms with Gasteiger partial charge in [0, 0.05) is 11.1 Å². The number of carbonyl (C=O) groups is 1. The first-order valence-electron chi connectivity index (χ1n) is 6.05. The molecule has 2 rings (SSSR count). The van der Waals surface area contributed by atoms with Gasteiger partial charge in [-0.05, 0) is 18.2 Å². The number of benzene rings is 2. The lowest BCUT2D eigenvalue weighted by molar-refractivity contribution is 0.0963. The zero-order valence-electron chi connectivity index (χ0n) is 11.2. The summed E-state index contributed by atoms with van der Waals surface area (Å²) in [5.74, 6) is -0.903. The number of rotatable bonds is 6. The van der Waals surface area contributed by atoms with Gasteiger partial charge in [0.2, 0.25) is 0 Å². The first-order chi connectivity index (χ1) is 10.4. The minimum Gasteiger partial charge on any atom is -0.464 e. The molecule has 22 heavy (non-hydrogen) atoms. The van der Waals surface area contributed by atoms with Gasteiger partial charge in [-0.3, -0.25) is 9.35 Å². The quantitative estimate of drug-likeness (QED) is 0.470. The van der Waals surface area contributed by atoms with E-state index < -0.39 is 22.9 Å². The van der Waals surface area contributed by atoms with E-state index in [0.29, 0.717) is 5.56 Å². The SMILES string of the molecule is O=C(c1ccccc1)c1ccc(OCO)c(OS(=O)(=O)O)c1. The lowest BCUT2D eigenvalue weighted by atomic mass is 10.0. The molecule has 2 aromatic carbocycles. The van der Waals surface area contributed by atoms with E-state index in [9.17, 15) is 13.2 Å². The van der Waals surface area contributed by atoms with Crippen LogP contribution >= 0.6 is 0 Å². The van der Waals surface area contributed by atoms with Crippen LogP contribution in [0.15, 0.2) is 48.5 Å². The Bertz CT molecular complexity index is 769. The van der Waals surface area contributed by atoms with Crippen LogP contribution < -0.4 is 8.92 Å². The number of aliphatic hydroxyl groups excluding tert-OH is 1. The molecule has 0 bridgehead atoms. The molecule has 0 fully saturated rings. The Balaban J connectivity index is 2.42. The molecular formula is C14H12O7S. The zero-order chi connectivity index (χ0) is 16.2. The molecule has 0 aliphatic heterocycles. The fourth-order valence-corrected chi connectivity index (χ4v) is 2.13. The second-order valence-electron chi connectivity index (χ2n) is 4.14. The van der Waals surface area contributed by atoms with Crippen molar-refractivity contribution in [2.45, 2.75) is 0 Å². The number of hydrogen-bond acceptors (Lipinski definition) is 6. The summed E-state index contributed by atoms with van der Waals surface area (Å²) in [6.45, 7) is -0.728. The van der Waals surface area contributed by atoms with Gasteiger partial charge in [-0.15, -0.1) is 0 Å². The van der Waals surface area contributed by atoms with Crippen LogP contribution in [-0.2, 0) is 10.4 Å². The van der Waals surface area contributed by atoms with E-state index in [0.717, 1.165) is 6.07 Å². The zero-order valence-corrected chi connectivity index (χ0v) is 12.0. The Morgan fingerprint density at radius 3 is 2.27 bits per heavy atom. The second kappa shape index (κ2) is 6.56. The van der Waals surface area contributed by atoms with Crippen molar-refractivity contribution in [3.63, 3.8) is 0 Å². The minimum atomic E-state index is -4.80. The predicted molar refractivity (Wildman–Crippen MR) is 76.2 cm³/mol. The number of carbonyl (C=O) groups excluding carboxylic acids is 1.